The van der Waals surface area contributed by atoms with Crippen molar-refractivity contribution in [1.29, 1.82) is 0 Å². The lowest BCUT2D eigenvalue weighted by Crippen LogP contribution is -2.36. The van der Waals surface area contributed by atoms with Crippen LogP contribution in [-0.4, -0.2) is 6.54 Å². The van der Waals surface area contributed by atoms with Gasteiger partial charge in [-0.05, 0) is 61.4 Å². The van der Waals surface area contributed by atoms with Crippen molar-refractivity contribution in [2.24, 2.45) is 5.92 Å². The minimum atomic E-state index is 0.431. The number of aryl methyl sites for hydroxylation is 1. The molecule has 76 valence electrons. The van der Waals surface area contributed by atoms with Crippen LogP contribution in [0, 0.1) is 5.92 Å². The molecule has 1 saturated heterocycles. The minimum absolute atomic E-state index is 0.431. The van der Waals surface area contributed by atoms with E-state index in [2.05, 4.69) is 5.32 Å². The van der Waals surface area contributed by atoms with Crippen molar-refractivity contribution in [2.75, 3.05) is 6.54 Å². The smallest absolute Gasteiger partial charge is 0.193 e. The van der Waals surface area contributed by atoms with E-state index in [9.17, 15) is 0 Å². The third kappa shape index (κ3) is 1.29. The first-order chi connectivity index (χ1) is 6.84. The minimum Gasteiger partial charge on any atom is -0.448 e. The number of furan rings is 1. The van der Waals surface area contributed by atoms with Gasteiger partial charge in [-0.2, -0.15) is 0 Å². The van der Waals surface area contributed by atoms with Crippen LogP contribution >= 0.6 is 11.6 Å². The highest BCUT2D eigenvalue weighted by Gasteiger charge is 2.34. The maximum Gasteiger partial charge on any atom is 0.193 e. The molecular formula is C11H14ClNO. The summed E-state index contributed by atoms with van der Waals surface area (Å²) in [5.74, 6) is 1.87. The van der Waals surface area contributed by atoms with E-state index in [1.807, 2.05) is 6.07 Å². The number of hydrogen-bond acceptors (Lipinski definition) is 2. The van der Waals surface area contributed by atoms with Crippen LogP contribution in [0.3, 0.4) is 0 Å². The van der Waals surface area contributed by atoms with Crippen molar-refractivity contribution >= 4 is 11.6 Å². The molecule has 0 spiro atoms. The molecule has 2 atom stereocenters. The van der Waals surface area contributed by atoms with Crippen LogP contribution < -0.4 is 5.32 Å². The Bertz CT molecular complexity index is 347. The SMILES string of the molecule is Clc1cc2c(o1)C1NCCCC1CC2. The van der Waals surface area contributed by atoms with Crippen LogP contribution in [0.5, 0.6) is 0 Å². The molecule has 1 aliphatic carbocycles. The Balaban J connectivity index is 1.98. The molecular weight excluding hydrogens is 198 g/mol. The molecule has 2 aliphatic rings. The molecule has 2 nitrogen and oxygen atoms in total. The van der Waals surface area contributed by atoms with E-state index < -0.39 is 0 Å². The van der Waals surface area contributed by atoms with Gasteiger partial charge in [0.05, 0.1) is 6.04 Å². The van der Waals surface area contributed by atoms with E-state index in [1.54, 1.807) is 0 Å². The van der Waals surface area contributed by atoms with Crippen molar-refractivity contribution in [3.05, 3.63) is 22.6 Å². The Morgan fingerprint density at radius 3 is 3.29 bits per heavy atom. The van der Waals surface area contributed by atoms with Gasteiger partial charge >= 0.3 is 0 Å². The number of hydrogen-bond donors (Lipinski definition) is 1. The zero-order valence-corrected chi connectivity index (χ0v) is 8.81. The fraction of sp³-hybridized carbons (Fsp3) is 0.636. The summed E-state index contributed by atoms with van der Waals surface area (Å²) in [6, 6.07) is 2.41. The Morgan fingerprint density at radius 1 is 1.43 bits per heavy atom. The summed E-state index contributed by atoms with van der Waals surface area (Å²) < 4.78 is 5.58. The molecule has 1 aromatic heterocycles. The second kappa shape index (κ2) is 3.28. The van der Waals surface area contributed by atoms with E-state index in [-0.39, 0.29) is 0 Å². The monoisotopic (exact) mass is 211 g/mol. The lowest BCUT2D eigenvalue weighted by molar-refractivity contribution is 0.222. The van der Waals surface area contributed by atoms with Crippen molar-refractivity contribution < 1.29 is 4.42 Å². The molecule has 1 fully saturated rings. The second-order valence-corrected chi connectivity index (χ2v) is 4.69. The van der Waals surface area contributed by atoms with Gasteiger partial charge < -0.3 is 9.73 Å². The molecule has 2 heterocycles. The van der Waals surface area contributed by atoms with E-state index in [1.165, 1.54) is 24.8 Å². The van der Waals surface area contributed by atoms with E-state index in [4.69, 9.17) is 16.0 Å². The summed E-state index contributed by atoms with van der Waals surface area (Å²) >= 11 is 5.89. The third-order valence-electron chi connectivity index (χ3n) is 3.47. The Morgan fingerprint density at radius 2 is 2.36 bits per heavy atom. The van der Waals surface area contributed by atoms with Crippen LogP contribution in [0.2, 0.25) is 5.22 Å². The van der Waals surface area contributed by atoms with Gasteiger partial charge in [0.1, 0.15) is 5.76 Å². The fourth-order valence-electron chi connectivity index (χ4n) is 2.78. The summed E-state index contributed by atoms with van der Waals surface area (Å²) in [6.07, 6.45) is 5.04. The standard InChI is InChI=1S/C11H14ClNO/c12-9-6-8-4-3-7-2-1-5-13-10(7)11(8)14-9/h6-7,10,13H,1-5H2. The molecule has 14 heavy (non-hydrogen) atoms. The first-order valence-corrected chi connectivity index (χ1v) is 5.74. The molecule has 0 bridgehead atoms. The summed E-state index contributed by atoms with van der Waals surface area (Å²) in [5.41, 5.74) is 1.31. The van der Waals surface area contributed by atoms with Gasteiger partial charge in [-0.3, -0.25) is 0 Å². The lowest BCUT2D eigenvalue weighted by Gasteiger charge is -2.35. The largest absolute Gasteiger partial charge is 0.448 e. The van der Waals surface area contributed by atoms with E-state index in [0.717, 1.165) is 24.6 Å². The predicted octanol–water partition coefficient (Wildman–Crippen LogP) is 2.92. The van der Waals surface area contributed by atoms with Crippen molar-refractivity contribution in [3.8, 4) is 0 Å². The quantitative estimate of drug-likeness (QED) is 0.714. The molecule has 1 aromatic rings. The average molecular weight is 212 g/mol. The van der Waals surface area contributed by atoms with Gasteiger partial charge in [0.25, 0.3) is 0 Å². The first-order valence-electron chi connectivity index (χ1n) is 5.36. The van der Waals surface area contributed by atoms with Gasteiger partial charge in [0.15, 0.2) is 5.22 Å². The molecule has 1 aliphatic heterocycles. The molecule has 3 heteroatoms. The molecule has 0 radical (unpaired) electrons. The van der Waals surface area contributed by atoms with Crippen LogP contribution in [0.1, 0.15) is 36.6 Å². The summed E-state index contributed by atoms with van der Waals surface area (Å²) in [5, 5.41) is 4.08. The Labute approximate surface area is 88.6 Å². The number of nitrogens with one attached hydrogen (secondary N) is 1. The van der Waals surface area contributed by atoms with Crippen molar-refractivity contribution in [2.45, 2.75) is 31.7 Å². The van der Waals surface area contributed by atoms with Gasteiger partial charge in [0, 0.05) is 0 Å². The number of piperidine rings is 1. The topological polar surface area (TPSA) is 25.2 Å². The third-order valence-corrected chi connectivity index (χ3v) is 3.65. The second-order valence-electron chi connectivity index (χ2n) is 4.31. The van der Waals surface area contributed by atoms with Crippen LogP contribution in [0.4, 0.5) is 0 Å². The van der Waals surface area contributed by atoms with Gasteiger partial charge in [-0.1, -0.05) is 0 Å². The molecule has 0 aromatic carbocycles. The first kappa shape index (κ1) is 8.81. The Hall–Kier alpha value is -0.470. The highest BCUT2D eigenvalue weighted by molar-refractivity contribution is 6.28. The molecule has 2 unspecified atom stereocenters. The molecule has 0 amide bonds. The zero-order chi connectivity index (χ0) is 9.54. The van der Waals surface area contributed by atoms with Crippen molar-refractivity contribution in [3.63, 3.8) is 0 Å². The summed E-state index contributed by atoms with van der Waals surface area (Å²) in [6.45, 7) is 1.11. The predicted molar refractivity (Wildman–Crippen MR) is 55.5 cm³/mol. The van der Waals surface area contributed by atoms with Gasteiger partial charge in [-0.25, -0.2) is 0 Å². The number of fused-ring (bicyclic) bond motifs is 3. The molecule has 3 rings (SSSR count). The van der Waals surface area contributed by atoms with E-state index >= 15 is 0 Å². The Kier molecular flexibility index (Phi) is 2.06. The van der Waals surface area contributed by atoms with Gasteiger partial charge in [-0.15, -0.1) is 0 Å². The van der Waals surface area contributed by atoms with Crippen molar-refractivity contribution in [1.82, 2.24) is 5.32 Å². The zero-order valence-electron chi connectivity index (χ0n) is 8.05. The van der Waals surface area contributed by atoms with E-state index in [0.29, 0.717) is 11.3 Å². The molecule has 0 saturated carbocycles. The highest BCUT2D eigenvalue weighted by atomic mass is 35.5. The van der Waals surface area contributed by atoms with Crippen LogP contribution in [0.15, 0.2) is 10.5 Å². The van der Waals surface area contributed by atoms with Crippen LogP contribution in [0.25, 0.3) is 0 Å². The maximum absolute atomic E-state index is 5.89. The molecule has 1 N–H and O–H groups in total. The summed E-state index contributed by atoms with van der Waals surface area (Å²) in [7, 11) is 0. The highest BCUT2D eigenvalue weighted by Crippen LogP contribution is 2.41. The summed E-state index contributed by atoms with van der Waals surface area (Å²) in [4.78, 5) is 0. The maximum atomic E-state index is 5.89. The fourth-order valence-corrected chi connectivity index (χ4v) is 3.00. The van der Waals surface area contributed by atoms with Crippen LogP contribution in [-0.2, 0) is 6.42 Å². The number of rotatable bonds is 0. The van der Waals surface area contributed by atoms with Gasteiger partial charge in [0.2, 0.25) is 0 Å². The normalized spacial score (nSPS) is 30.9. The lowest BCUT2D eigenvalue weighted by atomic mass is 9.79. The number of halogens is 1. The average Bonchev–Trinajstić information content (AvgIpc) is 2.59.